The van der Waals surface area contributed by atoms with Crippen molar-refractivity contribution >= 4 is 42.8 Å². The molecular formula is C26H38O2S2. The Morgan fingerprint density at radius 2 is 0.967 bits per heavy atom. The number of hydrogen-bond acceptors (Lipinski definition) is 4. The highest BCUT2D eigenvalue weighted by atomic mass is 32.1. The number of benzene rings is 1. The zero-order valence-corrected chi connectivity index (χ0v) is 20.5. The van der Waals surface area contributed by atoms with E-state index in [-0.39, 0.29) is 0 Å². The Morgan fingerprint density at radius 1 is 0.567 bits per heavy atom. The summed E-state index contributed by atoms with van der Waals surface area (Å²) in [5.41, 5.74) is 0. The van der Waals surface area contributed by atoms with Crippen molar-refractivity contribution in [1.29, 1.82) is 0 Å². The summed E-state index contributed by atoms with van der Waals surface area (Å²) in [5, 5.41) is 6.80. The van der Waals surface area contributed by atoms with Crippen molar-refractivity contribution in [1.82, 2.24) is 0 Å². The Kier molecular flexibility index (Phi) is 10.3. The van der Waals surface area contributed by atoms with E-state index in [4.69, 9.17) is 9.47 Å². The van der Waals surface area contributed by atoms with Crippen LogP contribution in [0, 0.1) is 0 Å². The number of rotatable bonds is 16. The lowest BCUT2D eigenvalue weighted by Gasteiger charge is -2.16. The first-order chi connectivity index (χ1) is 14.9. The van der Waals surface area contributed by atoms with Gasteiger partial charge in [-0.2, -0.15) is 0 Å². The Bertz CT molecular complexity index is 793. The highest BCUT2D eigenvalue weighted by molar-refractivity contribution is 7.25. The highest BCUT2D eigenvalue weighted by Crippen LogP contribution is 2.47. The molecule has 0 radical (unpaired) electrons. The van der Waals surface area contributed by atoms with Crippen LogP contribution in [-0.2, 0) is 0 Å². The molecule has 3 aromatic rings. The Balaban J connectivity index is 1.64. The van der Waals surface area contributed by atoms with Gasteiger partial charge in [0, 0.05) is 10.8 Å². The molecule has 0 aliphatic carbocycles. The molecule has 2 aromatic heterocycles. The van der Waals surface area contributed by atoms with Crippen LogP contribution in [0.4, 0.5) is 0 Å². The fourth-order valence-electron chi connectivity index (χ4n) is 3.97. The van der Waals surface area contributed by atoms with E-state index < -0.39 is 0 Å². The molecule has 0 bridgehead atoms. The van der Waals surface area contributed by atoms with Crippen LogP contribution in [0.25, 0.3) is 20.2 Å². The SMILES string of the molecule is CCCCCCCCOc1c(OCCCCCCCC)c2ccsc2c2sccc12. The Hall–Kier alpha value is -1.26. The average Bonchev–Trinajstić information content (AvgIpc) is 3.42. The second-order valence-electron chi connectivity index (χ2n) is 8.22. The van der Waals surface area contributed by atoms with Crippen LogP contribution in [-0.4, -0.2) is 13.2 Å². The van der Waals surface area contributed by atoms with Crippen LogP contribution in [0.3, 0.4) is 0 Å². The molecule has 3 rings (SSSR count). The maximum absolute atomic E-state index is 6.39. The van der Waals surface area contributed by atoms with Gasteiger partial charge in [-0.25, -0.2) is 0 Å². The molecule has 0 saturated carbocycles. The molecule has 0 atom stereocenters. The van der Waals surface area contributed by atoms with Gasteiger partial charge in [-0.1, -0.05) is 78.1 Å². The van der Waals surface area contributed by atoms with Crippen molar-refractivity contribution < 1.29 is 9.47 Å². The molecule has 0 unspecified atom stereocenters. The van der Waals surface area contributed by atoms with Gasteiger partial charge in [0.15, 0.2) is 11.5 Å². The van der Waals surface area contributed by atoms with Crippen LogP contribution in [0.1, 0.15) is 90.9 Å². The van der Waals surface area contributed by atoms with Crippen LogP contribution in [0.15, 0.2) is 22.9 Å². The number of ether oxygens (including phenoxy) is 2. The topological polar surface area (TPSA) is 18.5 Å². The second kappa shape index (κ2) is 13.2. The van der Waals surface area contributed by atoms with E-state index in [1.165, 1.54) is 84.4 Å². The third kappa shape index (κ3) is 6.37. The van der Waals surface area contributed by atoms with Crippen molar-refractivity contribution in [3.63, 3.8) is 0 Å². The third-order valence-electron chi connectivity index (χ3n) is 5.72. The largest absolute Gasteiger partial charge is 0.489 e. The summed E-state index contributed by atoms with van der Waals surface area (Å²) >= 11 is 3.62. The number of hydrogen-bond donors (Lipinski definition) is 0. The second-order valence-corrected chi connectivity index (χ2v) is 10.0. The zero-order chi connectivity index (χ0) is 21.0. The van der Waals surface area contributed by atoms with Crippen LogP contribution >= 0.6 is 22.7 Å². The summed E-state index contributed by atoms with van der Waals surface area (Å²) in [5.74, 6) is 1.94. The van der Waals surface area contributed by atoms with E-state index in [0.29, 0.717) is 0 Å². The number of fused-ring (bicyclic) bond motifs is 3. The average molecular weight is 447 g/mol. The number of thiophene rings is 2. The monoisotopic (exact) mass is 446 g/mol. The van der Waals surface area contributed by atoms with Gasteiger partial charge in [-0.05, 0) is 35.7 Å². The van der Waals surface area contributed by atoms with Gasteiger partial charge in [-0.15, -0.1) is 22.7 Å². The normalized spacial score (nSPS) is 11.5. The summed E-state index contributed by atoms with van der Waals surface area (Å²) < 4.78 is 15.5. The summed E-state index contributed by atoms with van der Waals surface area (Å²) in [7, 11) is 0. The first-order valence-electron chi connectivity index (χ1n) is 12.0. The van der Waals surface area contributed by atoms with Crippen molar-refractivity contribution in [3.05, 3.63) is 22.9 Å². The number of unbranched alkanes of at least 4 members (excludes halogenated alkanes) is 10. The molecule has 4 heteroatoms. The lowest BCUT2D eigenvalue weighted by molar-refractivity contribution is 0.263. The fourth-order valence-corrected chi connectivity index (χ4v) is 5.95. The van der Waals surface area contributed by atoms with Gasteiger partial charge in [0.1, 0.15) is 0 Å². The standard InChI is InChI=1S/C26H38O2S2/c1-3-5-7-9-11-13-17-27-23-21-15-19-29-25(21)26-22(16-20-30-26)24(23)28-18-14-12-10-8-6-4-2/h15-16,19-20H,3-14,17-18H2,1-2H3. The molecule has 0 spiro atoms. The molecule has 30 heavy (non-hydrogen) atoms. The Morgan fingerprint density at radius 3 is 1.40 bits per heavy atom. The minimum atomic E-state index is 0.778. The first kappa shape index (κ1) is 23.4. The molecule has 0 aliphatic rings. The highest BCUT2D eigenvalue weighted by Gasteiger charge is 2.19. The van der Waals surface area contributed by atoms with E-state index >= 15 is 0 Å². The quantitative estimate of drug-likeness (QED) is 0.204. The third-order valence-corrected chi connectivity index (χ3v) is 7.71. The van der Waals surface area contributed by atoms with Crippen molar-refractivity contribution in [3.8, 4) is 11.5 Å². The van der Waals surface area contributed by atoms with E-state index in [1.54, 1.807) is 0 Å². The summed E-state index contributed by atoms with van der Waals surface area (Å²) in [6, 6.07) is 4.40. The molecule has 2 nitrogen and oxygen atoms in total. The van der Waals surface area contributed by atoms with Gasteiger partial charge in [0.25, 0.3) is 0 Å². The molecular weight excluding hydrogens is 408 g/mol. The predicted octanol–water partition coefficient (Wildman–Crippen LogP) is 9.59. The van der Waals surface area contributed by atoms with Gasteiger partial charge in [0.2, 0.25) is 0 Å². The lowest BCUT2D eigenvalue weighted by atomic mass is 10.1. The lowest BCUT2D eigenvalue weighted by Crippen LogP contribution is -2.03. The smallest absolute Gasteiger partial charge is 0.170 e. The van der Waals surface area contributed by atoms with E-state index in [9.17, 15) is 0 Å². The molecule has 0 fully saturated rings. The van der Waals surface area contributed by atoms with Crippen LogP contribution in [0.5, 0.6) is 11.5 Å². The van der Waals surface area contributed by atoms with Crippen LogP contribution in [0.2, 0.25) is 0 Å². The van der Waals surface area contributed by atoms with Crippen molar-refractivity contribution in [2.24, 2.45) is 0 Å². The van der Waals surface area contributed by atoms with E-state index in [0.717, 1.165) is 37.6 Å². The Labute approximate surface area is 190 Å². The van der Waals surface area contributed by atoms with Gasteiger partial charge < -0.3 is 9.47 Å². The van der Waals surface area contributed by atoms with Crippen molar-refractivity contribution in [2.45, 2.75) is 90.9 Å². The molecule has 0 aliphatic heterocycles. The van der Waals surface area contributed by atoms with E-state index in [2.05, 4.69) is 36.7 Å². The minimum absolute atomic E-state index is 0.778. The summed E-state index contributed by atoms with van der Waals surface area (Å²) in [6.45, 7) is 6.09. The maximum Gasteiger partial charge on any atom is 0.170 e. The molecule has 1 aromatic carbocycles. The molecule has 0 amide bonds. The summed E-state index contributed by atoms with van der Waals surface area (Å²) in [4.78, 5) is 0. The van der Waals surface area contributed by atoms with Gasteiger partial charge >= 0.3 is 0 Å². The van der Waals surface area contributed by atoms with Crippen molar-refractivity contribution in [2.75, 3.05) is 13.2 Å². The summed E-state index contributed by atoms with van der Waals surface area (Å²) in [6.07, 6.45) is 15.4. The zero-order valence-electron chi connectivity index (χ0n) is 18.8. The van der Waals surface area contributed by atoms with Crippen LogP contribution < -0.4 is 9.47 Å². The fraction of sp³-hybridized carbons (Fsp3) is 0.615. The van der Waals surface area contributed by atoms with Gasteiger partial charge in [0.05, 0.1) is 22.6 Å². The maximum atomic E-state index is 6.39. The molecule has 0 saturated heterocycles. The molecule has 166 valence electrons. The van der Waals surface area contributed by atoms with Gasteiger partial charge in [-0.3, -0.25) is 0 Å². The minimum Gasteiger partial charge on any atom is -0.489 e. The molecule has 0 N–H and O–H groups in total. The van der Waals surface area contributed by atoms with E-state index in [1.807, 2.05) is 22.7 Å². The first-order valence-corrected chi connectivity index (χ1v) is 13.8. The predicted molar refractivity (Wildman–Crippen MR) is 135 cm³/mol. The molecule has 2 heterocycles.